The van der Waals surface area contributed by atoms with Crippen LogP contribution in [0, 0.1) is 10.1 Å². The third-order valence-corrected chi connectivity index (χ3v) is 6.61. The first-order chi connectivity index (χ1) is 15.6. The van der Waals surface area contributed by atoms with E-state index < -0.39 is 0 Å². The summed E-state index contributed by atoms with van der Waals surface area (Å²) in [5, 5.41) is 15.3. The van der Waals surface area contributed by atoms with Crippen molar-refractivity contribution in [2.45, 2.75) is 37.6 Å². The summed E-state index contributed by atoms with van der Waals surface area (Å²) in [6.45, 7) is 1.27. The van der Waals surface area contributed by atoms with Gasteiger partial charge >= 0.3 is 0 Å². The van der Waals surface area contributed by atoms with Gasteiger partial charge in [-0.1, -0.05) is 73.5 Å². The van der Waals surface area contributed by atoms with Crippen molar-refractivity contribution in [2.24, 2.45) is 0 Å². The quantitative estimate of drug-likeness (QED) is 0.262. The van der Waals surface area contributed by atoms with E-state index in [0.717, 1.165) is 30.6 Å². The number of hydrogen-bond donors (Lipinski definition) is 1. The standard InChI is InChI=1S/C26H27N3O2S/c30-29(31)24-15-9-10-21(18-24)19-28(25(32)27-23-13-5-2-6-14-23)20-26(16-7-8-17-26)22-11-3-1-4-12-22/h1-6,9-15,18H,7-8,16-17,19-20H2,(H,27,32). The van der Waals surface area contributed by atoms with Crippen molar-refractivity contribution < 1.29 is 4.92 Å². The van der Waals surface area contributed by atoms with E-state index in [-0.39, 0.29) is 16.0 Å². The molecule has 0 aromatic heterocycles. The van der Waals surface area contributed by atoms with Gasteiger partial charge < -0.3 is 10.2 Å². The second-order valence-electron chi connectivity index (χ2n) is 8.43. The molecule has 6 heteroatoms. The Morgan fingerprint density at radius 3 is 2.28 bits per heavy atom. The molecule has 0 bridgehead atoms. The van der Waals surface area contributed by atoms with Gasteiger partial charge in [0.25, 0.3) is 5.69 Å². The van der Waals surface area contributed by atoms with Gasteiger partial charge in [-0.2, -0.15) is 0 Å². The lowest BCUT2D eigenvalue weighted by Gasteiger charge is -2.37. The largest absolute Gasteiger partial charge is 0.344 e. The van der Waals surface area contributed by atoms with Crippen LogP contribution in [0.5, 0.6) is 0 Å². The van der Waals surface area contributed by atoms with E-state index in [4.69, 9.17) is 12.2 Å². The molecule has 1 aliphatic rings. The normalized spacial score (nSPS) is 14.6. The van der Waals surface area contributed by atoms with E-state index in [0.29, 0.717) is 11.7 Å². The van der Waals surface area contributed by atoms with E-state index in [1.165, 1.54) is 24.5 Å². The fourth-order valence-electron chi connectivity index (χ4n) is 4.66. The Balaban J connectivity index is 1.64. The lowest BCUT2D eigenvalue weighted by Crippen LogP contribution is -2.44. The van der Waals surface area contributed by atoms with Gasteiger partial charge in [0.05, 0.1) is 4.92 Å². The molecule has 0 aliphatic heterocycles. The van der Waals surface area contributed by atoms with Crippen molar-refractivity contribution in [3.63, 3.8) is 0 Å². The number of para-hydroxylation sites is 1. The summed E-state index contributed by atoms with van der Waals surface area (Å²) in [5.41, 5.74) is 3.26. The topological polar surface area (TPSA) is 58.4 Å². The number of thiocarbonyl (C=S) groups is 1. The lowest BCUT2D eigenvalue weighted by molar-refractivity contribution is -0.384. The molecule has 1 N–H and O–H groups in total. The van der Waals surface area contributed by atoms with Gasteiger partial charge in [0.15, 0.2) is 5.11 Å². The molecule has 164 valence electrons. The molecule has 0 radical (unpaired) electrons. The van der Waals surface area contributed by atoms with Crippen LogP contribution in [0.15, 0.2) is 84.9 Å². The van der Waals surface area contributed by atoms with Crippen molar-refractivity contribution in [3.8, 4) is 0 Å². The fourth-order valence-corrected chi connectivity index (χ4v) is 4.91. The molecule has 0 amide bonds. The summed E-state index contributed by atoms with van der Waals surface area (Å²) >= 11 is 5.86. The van der Waals surface area contributed by atoms with Crippen molar-refractivity contribution in [3.05, 3.63) is 106 Å². The zero-order valence-corrected chi connectivity index (χ0v) is 18.8. The zero-order valence-electron chi connectivity index (χ0n) is 17.9. The molecule has 0 spiro atoms. The summed E-state index contributed by atoms with van der Waals surface area (Å²) in [6.07, 6.45) is 4.60. The minimum atomic E-state index is -0.350. The van der Waals surface area contributed by atoms with E-state index >= 15 is 0 Å². The highest BCUT2D eigenvalue weighted by Crippen LogP contribution is 2.42. The van der Waals surface area contributed by atoms with Crippen LogP contribution in [-0.4, -0.2) is 21.5 Å². The number of anilines is 1. The molecule has 5 nitrogen and oxygen atoms in total. The first-order valence-corrected chi connectivity index (χ1v) is 11.4. The maximum atomic E-state index is 11.3. The Morgan fingerprint density at radius 1 is 0.969 bits per heavy atom. The third kappa shape index (κ3) is 5.14. The van der Waals surface area contributed by atoms with Crippen LogP contribution in [0.4, 0.5) is 11.4 Å². The number of hydrogen-bond acceptors (Lipinski definition) is 3. The minimum absolute atomic E-state index is 0.0183. The van der Waals surface area contributed by atoms with Crippen molar-refractivity contribution in [1.29, 1.82) is 0 Å². The minimum Gasteiger partial charge on any atom is -0.344 e. The molecule has 32 heavy (non-hydrogen) atoms. The van der Waals surface area contributed by atoms with E-state index in [1.54, 1.807) is 12.1 Å². The Kier molecular flexibility index (Phi) is 6.81. The SMILES string of the molecule is O=[N+]([O-])c1cccc(CN(CC2(c3ccccc3)CCCC2)C(=S)Nc2ccccc2)c1. The number of rotatable bonds is 7. The van der Waals surface area contributed by atoms with E-state index in [2.05, 4.69) is 40.5 Å². The van der Waals surface area contributed by atoms with Crippen LogP contribution in [0.2, 0.25) is 0 Å². The fraction of sp³-hybridized carbons (Fsp3) is 0.269. The summed E-state index contributed by atoms with van der Waals surface area (Å²) in [5.74, 6) is 0. The number of non-ortho nitro benzene ring substituents is 1. The predicted octanol–water partition coefficient (Wildman–Crippen LogP) is 6.31. The van der Waals surface area contributed by atoms with Gasteiger partial charge in [0.2, 0.25) is 0 Å². The first kappa shape index (κ1) is 22.0. The average Bonchev–Trinajstić information content (AvgIpc) is 3.30. The summed E-state index contributed by atoms with van der Waals surface area (Å²) in [7, 11) is 0. The van der Waals surface area contributed by atoms with Crippen molar-refractivity contribution in [2.75, 3.05) is 11.9 Å². The van der Waals surface area contributed by atoms with Crippen LogP contribution < -0.4 is 5.32 Å². The molecule has 0 atom stereocenters. The lowest BCUT2D eigenvalue weighted by atomic mass is 9.78. The molecule has 3 aromatic rings. The average molecular weight is 446 g/mol. The Bertz CT molecular complexity index is 1070. The molecule has 1 saturated carbocycles. The molecule has 0 unspecified atom stereocenters. The van der Waals surface area contributed by atoms with Crippen molar-refractivity contribution >= 4 is 28.7 Å². The van der Waals surface area contributed by atoms with E-state index in [1.807, 2.05) is 36.4 Å². The molecule has 1 fully saturated rings. The molecular formula is C26H27N3O2S. The third-order valence-electron chi connectivity index (χ3n) is 6.25. The molecule has 1 aliphatic carbocycles. The number of nitro groups is 1. The Hall–Kier alpha value is -3.25. The first-order valence-electron chi connectivity index (χ1n) is 11.0. The number of nitro benzene ring substituents is 1. The maximum absolute atomic E-state index is 11.3. The van der Waals surface area contributed by atoms with E-state index in [9.17, 15) is 10.1 Å². The van der Waals surface area contributed by atoms with Gasteiger partial charge in [-0.3, -0.25) is 10.1 Å². The monoisotopic (exact) mass is 445 g/mol. The highest BCUT2D eigenvalue weighted by Gasteiger charge is 2.37. The summed E-state index contributed by atoms with van der Waals surface area (Å²) in [6, 6.07) is 27.4. The Morgan fingerprint density at radius 2 is 1.62 bits per heavy atom. The predicted molar refractivity (Wildman–Crippen MR) is 133 cm³/mol. The molecule has 0 saturated heterocycles. The van der Waals surface area contributed by atoms with Gasteiger partial charge in [0.1, 0.15) is 0 Å². The number of benzene rings is 3. The molecule has 3 aromatic carbocycles. The van der Waals surface area contributed by atoms with Gasteiger partial charge in [-0.25, -0.2) is 0 Å². The molecular weight excluding hydrogens is 418 g/mol. The van der Waals surface area contributed by atoms with Gasteiger partial charge in [0, 0.05) is 36.3 Å². The highest BCUT2D eigenvalue weighted by atomic mass is 32.1. The van der Waals surface area contributed by atoms with Crippen LogP contribution >= 0.6 is 12.2 Å². The van der Waals surface area contributed by atoms with Crippen LogP contribution in [0.3, 0.4) is 0 Å². The maximum Gasteiger partial charge on any atom is 0.269 e. The molecule has 4 rings (SSSR count). The van der Waals surface area contributed by atoms with Crippen LogP contribution in [0.1, 0.15) is 36.8 Å². The number of nitrogens with one attached hydrogen (secondary N) is 1. The van der Waals surface area contributed by atoms with Crippen LogP contribution in [0.25, 0.3) is 0 Å². The number of nitrogens with zero attached hydrogens (tertiary/aromatic N) is 2. The summed E-state index contributed by atoms with van der Waals surface area (Å²) < 4.78 is 0. The van der Waals surface area contributed by atoms with Gasteiger partial charge in [-0.05, 0) is 48.3 Å². The van der Waals surface area contributed by atoms with Crippen molar-refractivity contribution in [1.82, 2.24) is 4.90 Å². The highest BCUT2D eigenvalue weighted by molar-refractivity contribution is 7.80. The second-order valence-corrected chi connectivity index (χ2v) is 8.82. The van der Waals surface area contributed by atoms with Gasteiger partial charge in [-0.15, -0.1) is 0 Å². The Labute approximate surface area is 194 Å². The smallest absolute Gasteiger partial charge is 0.269 e. The summed E-state index contributed by atoms with van der Waals surface area (Å²) in [4.78, 5) is 13.1. The second kappa shape index (κ2) is 9.92. The van der Waals surface area contributed by atoms with Crippen LogP contribution in [-0.2, 0) is 12.0 Å². The molecule has 0 heterocycles. The zero-order chi connectivity index (χ0) is 22.4.